The van der Waals surface area contributed by atoms with Gasteiger partial charge in [-0.25, -0.2) is 14.4 Å². The molecule has 11 heteroatoms. The third kappa shape index (κ3) is 8.78. The van der Waals surface area contributed by atoms with Gasteiger partial charge in [0.2, 0.25) is 0 Å². The van der Waals surface area contributed by atoms with Gasteiger partial charge in [0.1, 0.15) is 13.2 Å². The van der Waals surface area contributed by atoms with Gasteiger partial charge in [-0.3, -0.25) is 9.78 Å². The largest absolute Gasteiger partial charge is 0.513 e. The van der Waals surface area contributed by atoms with E-state index in [2.05, 4.69) is 13.2 Å². The highest BCUT2D eigenvalue weighted by molar-refractivity contribution is 5.81. The van der Waals surface area contributed by atoms with Gasteiger partial charge in [-0.1, -0.05) is 95.2 Å². The van der Waals surface area contributed by atoms with Gasteiger partial charge in [-0.05, 0) is 24.7 Å². The minimum absolute atomic E-state index is 0.230. The Bertz CT molecular complexity index is 850. The summed E-state index contributed by atoms with van der Waals surface area (Å²) in [4.78, 5) is 59.4. The van der Waals surface area contributed by atoms with E-state index in [4.69, 9.17) is 38.5 Å². The van der Waals surface area contributed by atoms with E-state index in [1.165, 1.54) is 0 Å². The molecule has 42 heavy (non-hydrogen) atoms. The van der Waals surface area contributed by atoms with Crippen LogP contribution in [0.2, 0.25) is 0 Å². The fourth-order valence-corrected chi connectivity index (χ4v) is 3.93. The van der Waals surface area contributed by atoms with Crippen LogP contribution in [0.3, 0.4) is 0 Å². The topological polar surface area (TPSA) is 125 Å². The van der Waals surface area contributed by atoms with Crippen LogP contribution in [0.5, 0.6) is 0 Å². The van der Waals surface area contributed by atoms with E-state index in [0.717, 1.165) is 12.2 Å². The van der Waals surface area contributed by atoms with Crippen molar-refractivity contribution in [2.75, 3.05) is 26.4 Å². The Hall–Kier alpha value is -2.47. The van der Waals surface area contributed by atoms with Gasteiger partial charge in [0, 0.05) is 36.2 Å². The van der Waals surface area contributed by atoms with Crippen molar-refractivity contribution >= 4 is 18.1 Å². The molecule has 11 nitrogen and oxygen atoms in total. The predicted molar refractivity (Wildman–Crippen MR) is 156 cm³/mol. The number of ether oxygens (including phenoxy) is 4. The number of hydrogen-bond donors (Lipinski definition) is 0. The standard InChI is InChI=1S/C31H54O11/c1-15-23(32)39-41-30(21-35-19-5,28(11,12)26(7,8)17-3)37-25(34)38-31(22-36-20-6,42-40-24(33)16-2)29(13,14)27(9,10)18-4/h15-16H,1-2,17-22H2,3-14H3. The quantitative estimate of drug-likeness (QED) is 0.0477. The molecule has 0 bridgehead atoms. The second-order valence-corrected chi connectivity index (χ2v) is 12.3. The number of carbonyl (C=O) groups is 3. The Labute approximate surface area is 252 Å². The van der Waals surface area contributed by atoms with Crippen molar-refractivity contribution in [2.24, 2.45) is 21.7 Å². The third-order valence-electron chi connectivity index (χ3n) is 9.40. The van der Waals surface area contributed by atoms with Crippen molar-refractivity contribution in [2.45, 2.75) is 108 Å². The van der Waals surface area contributed by atoms with Gasteiger partial charge in [0.25, 0.3) is 11.6 Å². The average Bonchev–Trinajstić information content (AvgIpc) is 2.94. The van der Waals surface area contributed by atoms with Crippen LogP contribution in [0.1, 0.15) is 95.9 Å². The summed E-state index contributed by atoms with van der Waals surface area (Å²) in [7, 11) is 0. The minimum Gasteiger partial charge on any atom is -0.394 e. The maximum Gasteiger partial charge on any atom is 0.513 e. The van der Waals surface area contributed by atoms with Crippen molar-refractivity contribution in [1.29, 1.82) is 0 Å². The van der Waals surface area contributed by atoms with Crippen molar-refractivity contribution < 1.29 is 52.9 Å². The van der Waals surface area contributed by atoms with Crippen LogP contribution in [0.4, 0.5) is 4.79 Å². The zero-order valence-electron chi connectivity index (χ0n) is 27.8. The molecule has 0 aliphatic rings. The molecular weight excluding hydrogens is 548 g/mol. The predicted octanol–water partition coefficient (Wildman–Crippen LogP) is 6.85. The summed E-state index contributed by atoms with van der Waals surface area (Å²) in [5.74, 6) is -5.85. The van der Waals surface area contributed by atoms with Crippen LogP contribution in [0.25, 0.3) is 0 Å². The molecule has 0 saturated carbocycles. The minimum atomic E-state index is -2.02. The SMILES string of the molecule is C=CC(=O)OOC(COCC)(OC(=O)OC(COCC)(OOC(=O)C=C)C(C)(C)C(C)(C)CC)C(C)(C)C(C)(C)CC. The summed E-state index contributed by atoms with van der Waals surface area (Å²) in [6.45, 7) is 29.0. The molecule has 0 aromatic carbocycles. The number of carbonyl (C=O) groups excluding carboxylic acids is 3. The van der Waals surface area contributed by atoms with Gasteiger partial charge >= 0.3 is 18.1 Å². The van der Waals surface area contributed by atoms with Crippen LogP contribution < -0.4 is 0 Å². The lowest BCUT2D eigenvalue weighted by atomic mass is 9.61. The first kappa shape index (κ1) is 39.5. The highest BCUT2D eigenvalue weighted by Crippen LogP contribution is 2.53. The van der Waals surface area contributed by atoms with Gasteiger partial charge in [-0.2, -0.15) is 0 Å². The van der Waals surface area contributed by atoms with Gasteiger partial charge in [-0.15, -0.1) is 9.78 Å². The third-order valence-corrected chi connectivity index (χ3v) is 9.40. The molecule has 0 N–H and O–H groups in total. The maximum absolute atomic E-state index is 13.9. The molecular formula is C31H54O11. The monoisotopic (exact) mass is 602 g/mol. The first-order chi connectivity index (χ1) is 19.3. The van der Waals surface area contributed by atoms with Crippen molar-refractivity contribution in [3.8, 4) is 0 Å². The Morgan fingerprint density at radius 2 is 0.905 bits per heavy atom. The molecule has 0 saturated heterocycles. The summed E-state index contributed by atoms with van der Waals surface area (Å²) in [6.07, 6.45) is 1.78. The molecule has 0 aromatic rings. The molecule has 0 amide bonds. The van der Waals surface area contributed by atoms with E-state index in [1.54, 1.807) is 41.5 Å². The summed E-state index contributed by atoms with van der Waals surface area (Å²) >= 11 is 0. The molecule has 0 spiro atoms. The summed E-state index contributed by atoms with van der Waals surface area (Å²) in [5.41, 5.74) is -3.23. The Kier molecular flexibility index (Phi) is 14.9. The molecule has 0 aliphatic carbocycles. The molecule has 0 aliphatic heterocycles. The van der Waals surface area contributed by atoms with E-state index in [-0.39, 0.29) is 26.4 Å². The number of hydrogen-bond acceptors (Lipinski definition) is 11. The summed E-state index contributed by atoms with van der Waals surface area (Å²) in [5, 5.41) is 0. The highest BCUT2D eigenvalue weighted by atomic mass is 17.3. The average molecular weight is 603 g/mol. The zero-order valence-corrected chi connectivity index (χ0v) is 27.8. The fraction of sp³-hybridized carbons (Fsp3) is 0.774. The Morgan fingerprint density at radius 3 is 1.14 bits per heavy atom. The smallest absolute Gasteiger partial charge is 0.394 e. The van der Waals surface area contributed by atoms with Gasteiger partial charge < -0.3 is 18.9 Å². The highest BCUT2D eigenvalue weighted by Gasteiger charge is 2.63. The number of rotatable bonds is 20. The van der Waals surface area contributed by atoms with Gasteiger partial charge in [0.05, 0.1) is 0 Å². The molecule has 0 heterocycles. The van der Waals surface area contributed by atoms with Crippen molar-refractivity contribution in [3.63, 3.8) is 0 Å². The van der Waals surface area contributed by atoms with E-state index < -0.39 is 51.3 Å². The van der Waals surface area contributed by atoms with E-state index in [9.17, 15) is 14.4 Å². The molecule has 0 radical (unpaired) electrons. The lowest BCUT2D eigenvalue weighted by molar-refractivity contribution is -0.458. The summed E-state index contributed by atoms with van der Waals surface area (Å²) in [6, 6.07) is 0. The second-order valence-electron chi connectivity index (χ2n) is 12.3. The molecule has 2 unspecified atom stereocenters. The summed E-state index contributed by atoms with van der Waals surface area (Å²) < 4.78 is 23.4. The molecule has 0 fully saturated rings. The van der Waals surface area contributed by atoms with E-state index in [1.807, 2.05) is 41.5 Å². The fourth-order valence-electron chi connectivity index (χ4n) is 3.93. The maximum atomic E-state index is 13.9. The molecule has 0 aromatic heterocycles. The van der Waals surface area contributed by atoms with Crippen molar-refractivity contribution in [1.82, 2.24) is 0 Å². The van der Waals surface area contributed by atoms with E-state index in [0.29, 0.717) is 12.8 Å². The first-order valence-corrected chi connectivity index (χ1v) is 14.4. The van der Waals surface area contributed by atoms with Crippen LogP contribution in [-0.2, 0) is 48.1 Å². The van der Waals surface area contributed by atoms with Crippen LogP contribution in [0.15, 0.2) is 25.3 Å². The van der Waals surface area contributed by atoms with Crippen molar-refractivity contribution in [3.05, 3.63) is 25.3 Å². The second kappa shape index (κ2) is 15.8. The van der Waals surface area contributed by atoms with Crippen LogP contribution in [-0.4, -0.2) is 56.1 Å². The Morgan fingerprint density at radius 1 is 0.595 bits per heavy atom. The van der Waals surface area contributed by atoms with Crippen LogP contribution in [0, 0.1) is 21.7 Å². The van der Waals surface area contributed by atoms with Gasteiger partial charge in [0.15, 0.2) is 0 Å². The van der Waals surface area contributed by atoms with E-state index >= 15 is 0 Å². The molecule has 0 rings (SSSR count). The molecule has 2 atom stereocenters. The lowest BCUT2D eigenvalue weighted by Crippen LogP contribution is -2.62. The first-order valence-electron chi connectivity index (χ1n) is 14.4. The Balaban J connectivity index is 7.16. The van der Waals surface area contributed by atoms with Crippen LogP contribution >= 0.6 is 0 Å². The molecule has 244 valence electrons. The lowest BCUT2D eigenvalue weighted by Gasteiger charge is -2.52. The normalized spacial score (nSPS) is 15.5. The zero-order chi connectivity index (χ0) is 33.0.